The van der Waals surface area contributed by atoms with E-state index in [0.717, 1.165) is 18.6 Å². The Morgan fingerprint density at radius 1 is 0.647 bits per heavy atom. The third-order valence-corrected chi connectivity index (χ3v) is 3.07. The van der Waals surface area contributed by atoms with E-state index in [9.17, 15) is 0 Å². The first kappa shape index (κ1) is 22.8. The maximum atomic E-state index is 8.78. The molecule has 1 aliphatic carbocycles. The summed E-state index contributed by atoms with van der Waals surface area (Å²) in [5, 5.41) is 12.2. The molecule has 0 unspecified atom stereocenters. The molecule has 0 amide bonds. The number of hydrogen-bond donors (Lipinski definition) is 1. The van der Waals surface area contributed by atoms with Gasteiger partial charge in [-0.15, -0.1) is 0 Å². The molecule has 0 radical (unpaired) electrons. The van der Waals surface area contributed by atoms with E-state index in [2.05, 4.69) is 5.16 Å². The van der Waals surface area contributed by atoms with Crippen molar-refractivity contribution in [2.45, 2.75) is 70.6 Å². The molecule has 1 rings (SSSR count). The smallest absolute Gasteiger partial charge is 1.00 e. The van der Waals surface area contributed by atoms with Crippen LogP contribution in [-0.2, 0) is 19.5 Å². The molecule has 0 spiro atoms. The summed E-state index contributed by atoms with van der Waals surface area (Å²) >= 11 is 0. The van der Waals surface area contributed by atoms with Gasteiger partial charge >= 0.3 is 19.5 Å². The van der Waals surface area contributed by atoms with Gasteiger partial charge in [-0.05, 0) is 25.7 Å². The molecule has 0 atom stereocenters. The molecule has 0 bridgehead atoms. The molecular formula is C12H23Cl2NOZn. The second-order valence-electron chi connectivity index (χ2n) is 4.35. The number of halogens is 2. The Bertz CT molecular complexity index is 166. The maximum Gasteiger partial charge on any atom is 2.00 e. The van der Waals surface area contributed by atoms with Crippen LogP contribution in [0.1, 0.15) is 70.6 Å². The van der Waals surface area contributed by atoms with Gasteiger partial charge in [0.1, 0.15) is 0 Å². The van der Waals surface area contributed by atoms with Gasteiger partial charge in [-0.1, -0.05) is 50.1 Å². The Morgan fingerprint density at radius 2 is 0.941 bits per heavy atom. The zero-order chi connectivity index (χ0) is 10.1. The predicted octanol–water partition coefficient (Wildman–Crippen LogP) is -1.87. The zero-order valence-electron chi connectivity index (χ0n) is 10.6. The van der Waals surface area contributed by atoms with Gasteiger partial charge in [0.15, 0.2) is 0 Å². The van der Waals surface area contributed by atoms with Gasteiger partial charge in [-0.3, -0.25) is 0 Å². The molecular weight excluding hydrogens is 310 g/mol. The number of oxime groups is 1. The Balaban J connectivity index is -0.000000653. The van der Waals surface area contributed by atoms with Gasteiger partial charge < -0.3 is 30.0 Å². The van der Waals surface area contributed by atoms with Crippen molar-refractivity contribution in [1.29, 1.82) is 0 Å². The molecule has 1 saturated carbocycles. The number of nitrogens with zero attached hydrogens (tertiary/aromatic N) is 1. The normalized spacial score (nSPS) is 18.2. The Morgan fingerprint density at radius 3 is 1.24 bits per heavy atom. The summed E-state index contributed by atoms with van der Waals surface area (Å²) < 4.78 is 0. The van der Waals surface area contributed by atoms with Crippen LogP contribution in [0.5, 0.6) is 0 Å². The molecule has 0 aliphatic heterocycles. The van der Waals surface area contributed by atoms with Crippen molar-refractivity contribution in [2.24, 2.45) is 5.16 Å². The second-order valence-corrected chi connectivity index (χ2v) is 4.35. The third kappa shape index (κ3) is 12.9. The number of hydrogen-bond acceptors (Lipinski definition) is 2. The molecule has 0 aromatic rings. The largest absolute Gasteiger partial charge is 2.00 e. The van der Waals surface area contributed by atoms with Gasteiger partial charge in [-0.25, -0.2) is 0 Å². The van der Waals surface area contributed by atoms with Gasteiger partial charge in [0.2, 0.25) is 0 Å². The van der Waals surface area contributed by atoms with Crippen molar-refractivity contribution in [3.05, 3.63) is 0 Å². The van der Waals surface area contributed by atoms with E-state index in [0.29, 0.717) is 0 Å². The van der Waals surface area contributed by atoms with Crippen molar-refractivity contribution >= 4 is 5.71 Å². The second kappa shape index (κ2) is 16.7. The van der Waals surface area contributed by atoms with E-state index in [1.54, 1.807) is 0 Å². The van der Waals surface area contributed by atoms with Crippen LogP contribution in [0.25, 0.3) is 0 Å². The average Bonchev–Trinajstić information content (AvgIpc) is 2.19. The monoisotopic (exact) mass is 331 g/mol. The third-order valence-electron chi connectivity index (χ3n) is 3.07. The quantitative estimate of drug-likeness (QED) is 0.314. The standard InChI is InChI=1S/C12H23NO.2ClH.Zn/c14-13-12-10-8-6-4-2-1-3-5-7-9-11-12;;;/h14H,1-11H2;2*1H;/q;;;+2/p-2. The van der Waals surface area contributed by atoms with Crippen LogP contribution < -0.4 is 24.8 Å². The SMILES string of the molecule is ON=C1CCCCCCCCCCC1.[Cl-].[Cl-].[Zn+2]. The predicted molar refractivity (Wildman–Crippen MR) is 60.0 cm³/mol. The van der Waals surface area contributed by atoms with Crippen molar-refractivity contribution in [1.82, 2.24) is 0 Å². The van der Waals surface area contributed by atoms with E-state index < -0.39 is 0 Å². The van der Waals surface area contributed by atoms with Gasteiger partial charge in [0, 0.05) is 0 Å². The van der Waals surface area contributed by atoms with E-state index in [1.165, 1.54) is 57.8 Å². The first-order valence-electron chi connectivity index (χ1n) is 6.13. The molecule has 0 aromatic heterocycles. The Hall–Kier alpha value is 0.673. The van der Waals surface area contributed by atoms with Crippen LogP contribution in [0.4, 0.5) is 0 Å². The molecule has 1 aliphatic rings. The van der Waals surface area contributed by atoms with E-state index in [4.69, 9.17) is 5.21 Å². The van der Waals surface area contributed by atoms with Crippen LogP contribution >= 0.6 is 0 Å². The van der Waals surface area contributed by atoms with Gasteiger partial charge in [0.05, 0.1) is 5.71 Å². The number of rotatable bonds is 0. The van der Waals surface area contributed by atoms with Crippen LogP contribution in [0.15, 0.2) is 5.16 Å². The first-order valence-corrected chi connectivity index (χ1v) is 6.13. The summed E-state index contributed by atoms with van der Waals surface area (Å²) in [4.78, 5) is 0. The minimum atomic E-state index is 0. The fourth-order valence-electron chi connectivity index (χ4n) is 2.12. The maximum absolute atomic E-state index is 8.78. The fourth-order valence-corrected chi connectivity index (χ4v) is 2.12. The molecule has 2 nitrogen and oxygen atoms in total. The Kier molecular flexibility index (Phi) is 22.4. The van der Waals surface area contributed by atoms with Crippen molar-refractivity contribution in [2.75, 3.05) is 0 Å². The molecule has 98 valence electrons. The summed E-state index contributed by atoms with van der Waals surface area (Å²) in [5.41, 5.74) is 1.02. The van der Waals surface area contributed by atoms with Crippen LogP contribution in [-0.4, -0.2) is 10.9 Å². The van der Waals surface area contributed by atoms with Crippen LogP contribution in [0, 0.1) is 0 Å². The van der Waals surface area contributed by atoms with Gasteiger partial charge in [0.25, 0.3) is 0 Å². The average molecular weight is 334 g/mol. The van der Waals surface area contributed by atoms with E-state index in [-0.39, 0.29) is 44.3 Å². The van der Waals surface area contributed by atoms with Crippen molar-refractivity contribution in [3.8, 4) is 0 Å². The first-order chi connectivity index (χ1) is 6.93. The van der Waals surface area contributed by atoms with Gasteiger partial charge in [-0.2, -0.15) is 0 Å². The van der Waals surface area contributed by atoms with E-state index in [1.807, 2.05) is 0 Å². The fraction of sp³-hybridized carbons (Fsp3) is 0.917. The van der Waals surface area contributed by atoms with Crippen LogP contribution in [0.2, 0.25) is 0 Å². The Labute approximate surface area is 131 Å². The molecule has 0 heterocycles. The summed E-state index contributed by atoms with van der Waals surface area (Å²) in [6, 6.07) is 0. The van der Waals surface area contributed by atoms with Crippen molar-refractivity contribution in [3.63, 3.8) is 0 Å². The topological polar surface area (TPSA) is 32.6 Å². The molecule has 0 saturated heterocycles. The zero-order valence-corrected chi connectivity index (χ0v) is 15.1. The summed E-state index contributed by atoms with van der Waals surface area (Å²) in [6.07, 6.45) is 14.0. The van der Waals surface area contributed by atoms with Crippen LogP contribution in [0.3, 0.4) is 0 Å². The summed E-state index contributed by atoms with van der Waals surface area (Å²) in [6.45, 7) is 0. The summed E-state index contributed by atoms with van der Waals surface area (Å²) in [7, 11) is 0. The minimum Gasteiger partial charge on any atom is -1.00 e. The molecule has 5 heteroatoms. The minimum absolute atomic E-state index is 0. The molecule has 1 fully saturated rings. The van der Waals surface area contributed by atoms with E-state index >= 15 is 0 Å². The summed E-state index contributed by atoms with van der Waals surface area (Å²) in [5.74, 6) is 0. The molecule has 1 N–H and O–H groups in total. The molecule has 0 aromatic carbocycles. The molecule has 17 heavy (non-hydrogen) atoms. The van der Waals surface area contributed by atoms with Crippen molar-refractivity contribution < 1.29 is 49.5 Å².